The lowest BCUT2D eigenvalue weighted by Crippen LogP contribution is -1.98. The van der Waals surface area contributed by atoms with E-state index in [-0.39, 0.29) is 0 Å². The zero-order valence-electron chi connectivity index (χ0n) is 12.3. The third kappa shape index (κ3) is 3.51. The minimum Gasteiger partial charge on any atom is -0.324 e. The Morgan fingerprint density at radius 2 is 1.86 bits per heavy atom. The van der Waals surface area contributed by atoms with Gasteiger partial charge in [-0.2, -0.15) is 0 Å². The Labute approximate surface area is 141 Å². The van der Waals surface area contributed by atoms with Crippen molar-refractivity contribution in [3.8, 4) is 11.4 Å². The highest BCUT2D eigenvalue weighted by Crippen LogP contribution is 2.23. The lowest BCUT2D eigenvalue weighted by Gasteiger charge is -2.07. The number of aromatic nitrogens is 3. The summed E-state index contributed by atoms with van der Waals surface area (Å²) in [4.78, 5) is 13.4. The first-order chi connectivity index (χ1) is 10.6. The van der Waals surface area contributed by atoms with E-state index >= 15 is 0 Å². The summed E-state index contributed by atoms with van der Waals surface area (Å²) in [6.07, 6.45) is 1.75. The van der Waals surface area contributed by atoms with Gasteiger partial charge in [0.2, 0.25) is 5.95 Å². The number of nitrogens with zero attached hydrogens (tertiary/aromatic N) is 3. The van der Waals surface area contributed by atoms with E-state index in [4.69, 9.17) is 0 Å². The highest BCUT2D eigenvalue weighted by molar-refractivity contribution is 9.08. The van der Waals surface area contributed by atoms with Gasteiger partial charge in [0.15, 0.2) is 0 Å². The van der Waals surface area contributed by atoms with E-state index < -0.39 is 0 Å². The van der Waals surface area contributed by atoms with Gasteiger partial charge in [-0.25, -0.2) is 15.0 Å². The number of hydrogen-bond donors (Lipinski definition) is 1. The summed E-state index contributed by atoms with van der Waals surface area (Å²) in [6.45, 7) is 4.15. The van der Waals surface area contributed by atoms with Crippen LogP contribution in [0.5, 0.6) is 0 Å². The maximum absolute atomic E-state index is 4.55. The summed E-state index contributed by atoms with van der Waals surface area (Å²) >= 11 is 5.04. The molecule has 0 spiro atoms. The van der Waals surface area contributed by atoms with E-state index in [2.05, 4.69) is 68.2 Å². The molecular formula is C16H15BrN4S. The predicted octanol–water partition coefficient (Wildman–Crippen LogP) is 4.86. The number of alkyl halides is 1. The molecule has 0 saturated heterocycles. The molecule has 0 saturated carbocycles. The molecule has 4 nitrogen and oxygen atoms in total. The molecule has 0 aliphatic heterocycles. The van der Waals surface area contributed by atoms with Crippen molar-refractivity contribution in [3.63, 3.8) is 0 Å². The summed E-state index contributed by atoms with van der Waals surface area (Å²) in [7, 11) is 0. The molecule has 6 heteroatoms. The van der Waals surface area contributed by atoms with Gasteiger partial charge in [-0.1, -0.05) is 22.0 Å². The molecule has 2 heterocycles. The quantitative estimate of drug-likeness (QED) is 0.662. The van der Waals surface area contributed by atoms with Gasteiger partial charge < -0.3 is 5.32 Å². The Morgan fingerprint density at radius 1 is 1.09 bits per heavy atom. The average Bonchev–Trinajstić information content (AvgIpc) is 2.95. The number of thiazole rings is 1. The Bertz CT molecular complexity index is 780. The summed E-state index contributed by atoms with van der Waals surface area (Å²) in [5.41, 5.74) is 5.12. The molecule has 1 aromatic carbocycles. The van der Waals surface area contributed by atoms with Crippen molar-refractivity contribution in [1.29, 1.82) is 0 Å². The first kappa shape index (κ1) is 15.1. The fourth-order valence-electron chi connectivity index (χ4n) is 2.23. The summed E-state index contributed by atoms with van der Waals surface area (Å²) in [6, 6.07) is 8.17. The molecule has 112 valence electrons. The molecule has 0 fully saturated rings. The van der Waals surface area contributed by atoms with E-state index in [1.165, 1.54) is 11.1 Å². The molecule has 3 aromatic rings. The van der Waals surface area contributed by atoms with Crippen LogP contribution in [0.25, 0.3) is 11.4 Å². The van der Waals surface area contributed by atoms with Gasteiger partial charge in [0.05, 0.1) is 11.0 Å². The average molecular weight is 375 g/mol. The van der Waals surface area contributed by atoms with Gasteiger partial charge in [-0.05, 0) is 43.2 Å². The molecule has 2 aromatic heterocycles. The highest BCUT2D eigenvalue weighted by Gasteiger charge is 2.07. The summed E-state index contributed by atoms with van der Waals surface area (Å²) < 4.78 is 0. The molecule has 0 unspecified atom stereocenters. The minimum atomic E-state index is 0.580. The zero-order valence-corrected chi connectivity index (χ0v) is 14.7. The third-order valence-corrected chi connectivity index (χ3v) is 4.81. The monoisotopic (exact) mass is 374 g/mol. The smallest absolute Gasteiger partial charge is 0.227 e. The third-order valence-electron chi connectivity index (χ3n) is 3.06. The van der Waals surface area contributed by atoms with Crippen molar-refractivity contribution in [2.45, 2.75) is 19.2 Å². The normalized spacial score (nSPS) is 10.7. The first-order valence-electron chi connectivity index (χ1n) is 6.83. The zero-order chi connectivity index (χ0) is 15.5. The molecule has 0 radical (unpaired) electrons. The second-order valence-electron chi connectivity index (χ2n) is 5.03. The number of hydrogen-bond acceptors (Lipinski definition) is 5. The minimum absolute atomic E-state index is 0.580. The van der Waals surface area contributed by atoms with Crippen LogP contribution in [0.1, 0.15) is 16.1 Å². The van der Waals surface area contributed by atoms with E-state index in [1.54, 1.807) is 17.5 Å². The molecule has 22 heavy (non-hydrogen) atoms. The topological polar surface area (TPSA) is 50.7 Å². The lowest BCUT2D eigenvalue weighted by atomic mass is 10.1. The fraction of sp³-hybridized carbons (Fsp3) is 0.188. The predicted molar refractivity (Wildman–Crippen MR) is 95.0 cm³/mol. The van der Waals surface area contributed by atoms with Crippen LogP contribution >= 0.6 is 27.3 Å². The number of nitrogens with one attached hydrogen (secondary N) is 1. The van der Waals surface area contributed by atoms with Crippen molar-refractivity contribution in [3.05, 3.63) is 52.0 Å². The highest BCUT2D eigenvalue weighted by atomic mass is 79.9. The number of rotatable bonds is 4. The van der Waals surface area contributed by atoms with E-state index in [1.807, 2.05) is 11.4 Å². The van der Waals surface area contributed by atoms with Crippen molar-refractivity contribution >= 4 is 38.9 Å². The Kier molecular flexibility index (Phi) is 4.49. The number of halogens is 1. The number of anilines is 2. The van der Waals surface area contributed by atoms with Crippen LogP contribution in [0.2, 0.25) is 0 Å². The van der Waals surface area contributed by atoms with Gasteiger partial charge >= 0.3 is 0 Å². The van der Waals surface area contributed by atoms with Crippen LogP contribution in [0.3, 0.4) is 0 Å². The molecule has 0 bridgehead atoms. The molecule has 0 aliphatic rings. The van der Waals surface area contributed by atoms with Crippen LogP contribution in [-0.4, -0.2) is 15.0 Å². The number of aryl methyl sites for hydroxylation is 2. The standard InChI is InChI=1S/C16H15BrN4S/c1-10-5-11(2)7-12(6-10)19-16-18-4-3-13(21-16)14-9-22-15(8-17)20-14/h3-7,9H,8H2,1-2H3,(H,18,19,21). The molecule has 0 atom stereocenters. The van der Waals surface area contributed by atoms with Crippen LogP contribution in [-0.2, 0) is 5.33 Å². The molecule has 1 N–H and O–H groups in total. The van der Waals surface area contributed by atoms with E-state index in [0.29, 0.717) is 5.95 Å². The van der Waals surface area contributed by atoms with Crippen molar-refractivity contribution in [2.24, 2.45) is 0 Å². The Hall–Kier alpha value is -1.79. The van der Waals surface area contributed by atoms with E-state index in [0.717, 1.165) is 27.4 Å². The molecule has 3 rings (SSSR count). The fourth-order valence-corrected chi connectivity index (χ4v) is 3.38. The molecule has 0 amide bonds. The Morgan fingerprint density at radius 3 is 2.55 bits per heavy atom. The van der Waals surface area contributed by atoms with Gasteiger partial charge in [0, 0.05) is 17.3 Å². The van der Waals surface area contributed by atoms with Crippen molar-refractivity contribution in [2.75, 3.05) is 5.32 Å². The van der Waals surface area contributed by atoms with Crippen LogP contribution < -0.4 is 5.32 Å². The molecular weight excluding hydrogens is 360 g/mol. The van der Waals surface area contributed by atoms with Gasteiger partial charge in [0.1, 0.15) is 10.7 Å². The lowest BCUT2D eigenvalue weighted by molar-refractivity contribution is 1.15. The van der Waals surface area contributed by atoms with E-state index in [9.17, 15) is 0 Å². The molecule has 0 aliphatic carbocycles. The Balaban J connectivity index is 1.87. The number of benzene rings is 1. The summed E-state index contributed by atoms with van der Waals surface area (Å²) in [5.74, 6) is 0.580. The van der Waals surface area contributed by atoms with Crippen molar-refractivity contribution in [1.82, 2.24) is 15.0 Å². The maximum atomic E-state index is 4.55. The maximum Gasteiger partial charge on any atom is 0.227 e. The van der Waals surface area contributed by atoms with Crippen LogP contribution in [0.4, 0.5) is 11.6 Å². The van der Waals surface area contributed by atoms with Gasteiger partial charge in [-0.3, -0.25) is 0 Å². The first-order valence-corrected chi connectivity index (χ1v) is 8.83. The van der Waals surface area contributed by atoms with Crippen molar-refractivity contribution < 1.29 is 0 Å². The second-order valence-corrected chi connectivity index (χ2v) is 6.53. The van der Waals surface area contributed by atoms with Crippen LogP contribution in [0.15, 0.2) is 35.8 Å². The summed E-state index contributed by atoms with van der Waals surface area (Å²) in [5, 5.41) is 7.07. The van der Waals surface area contributed by atoms with Gasteiger partial charge in [-0.15, -0.1) is 11.3 Å². The SMILES string of the molecule is Cc1cc(C)cc(Nc2nccc(-c3csc(CBr)n3)n2)c1. The largest absolute Gasteiger partial charge is 0.324 e. The van der Waals surface area contributed by atoms with Crippen LogP contribution in [0, 0.1) is 13.8 Å². The second kappa shape index (κ2) is 6.54. The van der Waals surface area contributed by atoms with Gasteiger partial charge in [0.25, 0.3) is 0 Å².